The summed E-state index contributed by atoms with van der Waals surface area (Å²) < 4.78 is 10.2. The van der Waals surface area contributed by atoms with Crippen LogP contribution in [-0.2, 0) is 0 Å². The van der Waals surface area contributed by atoms with E-state index in [1.54, 1.807) is 6.07 Å². The molecule has 0 spiro atoms. The Balaban J connectivity index is 1.72. The van der Waals surface area contributed by atoms with Crippen LogP contribution in [0.5, 0.6) is 0 Å². The van der Waals surface area contributed by atoms with Crippen LogP contribution in [0.25, 0.3) is 11.5 Å². The zero-order valence-electron chi connectivity index (χ0n) is 10.4. The molecule has 1 aliphatic heterocycles. The minimum Gasteiger partial charge on any atom is -0.452 e. The Kier molecular flexibility index (Phi) is 3.54. The molecule has 0 amide bonds. The third-order valence-corrected chi connectivity index (χ3v) is 3.57. The highest BCUT2D eigenvalue weighted by Gasteiger charge is 2.21. The average molecular weight is 283 g/mol. The van der Waals surface area contributed by atoms with Crippen LogP contribution in [0.3, 0.4) is 0 Å². The van der Waals surface area contributed by atoms with Crippen molar-refractivity contribution in [2.24, 2.45) is 5.73 Å². The molecule has 1 atom stereocenters. The lowest BCUT2D eigenvalue weighted by Crippen LogP contribution is -2.30. The summed E-state index contributed by atoms with van der Waals surface area (Å²) in [6, 6.07) is 1.44. The lowest BCUT2D eigenvalue weighted by Gasteiger charge is -2.17. The Bertz CT molecular complexity index is 547. The van der Waals surface area contributed by atoms with Gasteiger partial charge in [-0.2, -0.15) is 4.98 Å². The first kappa shape index (κ1) is 12.7. The SMILES string of the molecule is NC(CN1CCCC1)c1noc(-c2ccoc2Cl)n1. The van der Waals surface area contributed by atoms with Gasteiger partial charge in [-0.1, -0.05) is 5.16 Å². The number of halogens is 1. The number of nitrogens with zero attached hydrogens (tertiary/aromatic N) is 3. The van der Waals surface area contributed by atoms with Crippen molar-refractivity contribution in [1.29, 1.82) is 0 Å². The van der Waals surface area contributed by atoms with E-state index in [1.165, 1.54) is 19.1 Å². The first-order valence-corrected chi connectivity index (χ1v) is 6.67. The molecule has 0 aromatic carbocycles. The largest absolute Gasteiger partial charge is 0.452 e. The van der Waals surface area contributed by atoms with Crippen LogP contribution < -0.4 is 5.73 Å². The fourth-order valence-corrected chi connectivity index (χ4v) is 2.46. The van der Waals surface area contributed by atoms with E-state index in [4.69, 9.17) is 26.3 Å². The molecule has 1 fully saturated rings. The summed E-state index contributed by atoms with van der Waals surface area (Å²) in [4.78, 5) is 6.59. The van der Waals surface area contributed by atoms with Gasteiger partial charge in [-0.05, 0) is 43.6 Å². The van der Waals surface area contributed by atoms with E-state index >= 15 is 0 Å². The highest BCUT2D eigenvalue weighted by atomic mass is 35.5. The van der Waals surface area contributed by atoms with Gasteiger partial charge < -0.3 is 19.6 Å². The van der Waals surface area contributed by atoms with Gasteiger partial charge >= 0.3 is 0 Å². The average Bonchev–Trinajstić information content (AvgIpc) is 3.08. The predicted molar refractivity (Wildman–Crippen MR) is 69.6 cm³/mol. The maximum Gasteiger partial charge on any atom is 0.262 e. The molecule has 3 heterocycles. The first-order chi connectivity index (χ1) is 9.24. The van der Waals surface area contributed by atoms with Crippen molar-refractivity contribution in [3.05, 3.63) is 23.4 Å². The van der Waals surface area contributed by atoms with Gasteiger partial charge in [-0.15, -0.1) is 0 Å². The molecule has 3 rings (SSSR count). The zero-order valence-corrected chi connectivity index (χ0v) is 11.1. The van der Waals surface area contributed by atoms with E-state index < -0.39 is 0 Å². The molecule has 19 heavy (non-hydrogen) atoms. The smallest absolute Gasteiger partial charge is 0.262 e. The fraction of sp³-hybridized carbons (Fsp3) is 0.500. The van der Waals surface area contributed by atoms with Crippen LogP contribution >= 0.6 is 11.6 Å². The Morgan fingerprint density at radius 1 is 1.42 bits per heavy atom. The standard InChI is InChI=1S/C12H15ClN4O2/c13-10-8(3-6-18-10)12-15-11(16-19-12)9(14)7-17-4-1-2-5-17/h3,6,9H,1-2,4-5,7,14H2. The van der Waals surface area contributed by atoms with Gasteiger partial charge in [0.15, 0.2) is 5.82 Å². The van der Waals surface area contributed by atoms with Gasteiger partial charge in [0.2, 0.25) is 5.22 Å². The van der Waals surface area contributed by atoms with Crippen LogP contribution in [0.15, 0.2) is 21.3 Å². The molecule has 0 aliphatic carbocycles. The normalized spacial score (nSPS) is 18.0. The lowest BCUT2D eigenvalue weighted by atomic mass is 10.2. The van der Waals surface area contributed by atoms with Crippen molar-refractivity contribution in [2.45, 2.75) is 18.9 Å². The number of rotatable bonds is 4. The molecule has 2 aromatic heterocycles. The quantitative estimate of drug-likeness (QED) is 0.924. The highest BCUT2D eigenvalue weighted by molar-refractivity contribution is 6.31. The minimum absolute atomic E-state index is 0.239. The molecule has 7 heteroatoms. The lowest BCUT2D eigenvalue weighted by molar-refractivity contribution is 0.306. The van der Waals surface area contributed by atoms with Gasteiger partial charge in [0.05, 0.1) is 17.9 Å². The molecule has 1 aliphatic rings. The Hall–Kier alpha value is -1.37. The van der Waals surface area contributed by atoms with Crippen molar-refractivity contribution >= 4 is 11.6 Å². The summed E-state index contributed by atoms with van der Waals surface area (Å²) >= 11 is 5.87. The van der Waals surface area contributed by atoms with E-state index in [0.29, 0.717) is 17.3 Å². The second kappa shape index (κ2) is 5.32. The van der Waals surface area contributed by atoms with Gasteiger partial charge in [-0.25, -0.2) is 0 Å². The molecule has 0 radical (unpaired) electrons. The van der Waals surface area contributed by atoms with E-state index in [-0.39, 0.29) is 11.3 Å². The van der Waals surface area contributed by atoms with Gasteiger partial charge in [0, 0.05) is 6.54 Å². The summed E-state index contributed by atoms with van der Waals surface area (Å²) in [7, 11) is 0. The van der Waals surface area contributed by atoms with Crippen LogP contribution in [0.1, 0.15) is 24.7 Å². The maximum absolute atomic E-state index is 6.10. The van der Waals surface area contributed by atoms with Crippen LogP contribution in [0, 0.1) is 0 Å². The summed E-state index contributed by atoms with van der Waals surface area (Å²) in [5.41, 5.74) is 6.69. The van der Waals surface area contributed by atoms with Crippen molar-refractivity contribution in [1.82, 2.24) is 15.0 Å². The number of hydrogen-bond acceptors (Lipinski definition) is 6. The zero-order chi connectivity index (χ0) is 13.2. The maximum atomic E-state index is 6.10. The molecule has 6 nitrogen and oxygen atoms in total. The van der Waals surface area contributed by atoms with Crippen LogP contribution in [0.2, 0.25) is 5.22 Å². The predicted octanol–water partition coefficient (Wildman–Crippen LogP) is 2.08. The molecule has 2 aromatic rings. The summed E-state index contributed by atoms with van der Waals surface area (Å²) in [5, 5.41) is 4.16. The highest BCUT2D eigenvalue weighted by Crippen LogP contribution is 2.28. The molecule has 2 N–H and O–H groups in total. The monoisotopic (exact) mass is 282 g/mol. The van der Waals surface area contributed by atoms with E-state index in [9.17, 15) is 0 Å². The summed E-state index contributed by atoms with van der Waals surface area (Å²) in [5.74, 6) is 0.838. The van der Waals surface area contributed by atoms with Crippen molar-refractivity contribution in [3.8, 4) is 11.5 Å². The number of nitrogens with two attached hydrogens (primary N) is 1. The fourth-order valence-electron chi connectivity index (χ4n) is 2.27. The second-order valence-electron chi connectivity index (χ2n) is 4.68. The summed E-state index contributed by atoms with van der Waals surface area (Å²) in [6.45, 7) is 2.93. The third kappa shape index (κ3) is 2.65. The number of hydrogen-bond donors (Lipinski definition) is 1. The van der Waals surface area contributed by atoms with Crippen molar-refractivity contribution in [3.63, 3.8) is 0 Å². The van der Waals surface area contributed by atoms with E-state index in [2.05, 4.69) is 15.0 Å². The third-order valence-electron chi connectivity index (χ3n) is 3.28. The van der Waals surface area contributed by atoms with Gasteiger partial charge in [-0.3, -0.25) is 0 Å². The number of likely N-dealkylation sites (tertiary alicyclic amines) is 1. The van der Waals surface area contributed by atoms with E-state index in [0.717, 1.165) is 19.6 Å². The molecule has 0 saturated carbocycles. The van der Waals surface area contributed by atoms with E-state index in [1.807, 2.05) is 0 Å². The second-order valence-corrected chi connectivity index (χ2v) is 5.02. The van der Waals surface area contributed by atoms with Crippen molar-refractivity contribution in [2.75, 3.05) is 19.6 Å². The molecule has 102 valence electrons. The number of furan rings is 1. The molecular weight excluding hydrogens is 268 g/mol. The Morgan fingerprint density at radius 3 is 2.89 bits per heavy atom. The van der Waals surface area contributed by atoms with Crippen molar-refractivity contribution < 1.29 is 8.94 Å². The molecule has 1 unspecified atom stereocenters. The molecule has 0 bridgehead atoms. The minimum atomic E-state index is -0.249. The van der Waals surface area contributed by atoms with Gasteiger partial charge in [0.1, 0.15) is 0 Å². The molecule has 1 saturated heterocycles. The Morgan fingerprint density at radius 2 is 2.21 bits per heavy atom. The van der Waals surface area contributed by atoms with Gasteiger partial charge in [0.25, 0.3) is 5.89 Å². The first-order valence-electron chi connectivity index (χ1n) is 6.29. The molecular formula is C12H15ClN4O2. The summed E-state index contributed by atoms with van der Waals surface area (Å²) in [6.07, 6.45) is 3.94. The number of aromatic nitrogens is 2. The topological polar surface area (TPSA) is 81.3 Å². The Labute approximate surface area is 115 Å². The van der Waals surface area contributed by atoms with Crippen LogP contribution in [0.4, 0.5) is 0 Å². The van der Waals surface area contributed by atoms with Crippen LogP contribution in [-0.4, -0.2) is 34.7 Å².